The van der Waals surface area contributed by atoms with Gasteiger partial charge in [0, 0.05) is 3.57 Å². The number of rotatable bonds is 0. The lowest BCUT2D eigenvalue weighted by Gasteiger charge is -2.04. The van der Waals surface area contributed by atoms with Crippen molar-refractivity contribution >= 4 is 22.6 Å². The molecular formula is C13H9IO. The predicted octanol–water partition coefficient (Wildman–Crippen LogP) is 3.35. The molecule has 0 bridgehead atoms. The summed E-state index contributed by atoms with van der Waals surface area (Å²) in [7, 11) is 0. The van der Waals surface area contributed by atoms with Crippen molar-refractivity contribution in [2.24, 2.45) is 0 Å². The maximum atomic E-state index is 10.2. The van der Waals surface area contributed by atoms with Crippen LogP contribution in [0.4, 0.5) is 0 Å². The molecule has 0 saturated carbocycles. The average Bonchev–Trinajstić information content (AvgIpc) is 2.54. The summed E-state index contributed by atoms with van der Waals surface area (Å²) < 4.78 is 1.17. The second-order valence-electron chi connectivity index (χ2n) is 3.72. The van der Waals surface area contributed by atoms with Gasteiger partial charge in [-0.2, -0.15) is 0 Å². The highest BCUT2D eigenvalue weighted by Crippen LogP contribution is 2.43. The largest absolute Gasteiger partial charge is 0.384 e. The maximum absolute atomic E-state index is 10.2. The lowest BCUT2D eigenvalue weighted by atomic mass is 10.1. The van der Waals surface area contributed by atoms with Crippen molar-refractivity contribution in [2.75, 3.05) is 0 Å². The van der Waals surface area contributed by atoms with E-state index >= 15 is 0 Å². The fourth-order valence-corrected chi connectivity index (χ4v) is 2.67. The predicted molar refractivity (Wildman–Crippen MR) is 68.7 cm³/mol. The minimum Gasteiger partial charge on any atom is -0.384 e. The van der Waals surface area contributed by atoms with E-state index in [0.717, 1.165) is 16.7 Å². The van der Waals surface area contributed by atoms with Crippen LogP contribution in [0, 0.1) is 3.57 Å². The highest BCUT2D eigenvalue weighted by atomic mass is 127. The van der Waals surface area contributed by atoms with Gasteiger partial charge in [-0.25, -0.2) is 0 Å². The Hall–Kier alpha value is -0.870. The summed E-state index contributed by atoms with van der Waals surface area (Å²) in [4.78, 5) is 0. The molecule has 0 fully saturated rings. The van der Waals surface area contributed by atoms with Gasteiger partial charge in [-0.1, -0.05) is 30.3 Å². The molecule has 0 heterocycles. The van der Waals surface area contributed by atoms with Gasteiger partial charge >= 0.3 is 0 Å². The Morgan fingerprint density at radius 1 is 0.933 bits per heavy atom. The third-order valence-electron chi connectivity index (χ3n) is 2.85. The third kappa shape index (κ3) is 1.32. The number of fused-ring (bicyclic) bond motifs is 3. The van der Waals surface area contributed by atoms with E-state index < -0.39 is 6.10 Å². The van der Waals surface area contributed by atoms with Gasteiger partial charge in [0.05, 0.1) is 0 Å². The molecule has 0 aliphatic heterocycles. The van der Waals surface area contributed by atoms with Crippen LogP contribution in [0.25, 0.3) is 11.1 Å². The first kappa shape index (κ1) is 9.36. The molecule has 1 aliphatic rings. The zero-order valence-corrected chi connectivity index (χ0v) is 10.1. The Kier molecular flexibility index (Phi) is 2.07. The van der Waals surface area contributed by atoms with Gasteiger partial charge < -0.3 is 5.11 Å². The van der Waals surface area contributed by atoms with E-state index in [4.69, 9.17) is 0 Å². The molecule has 1 atom stereocenters. The number of aliphatic hydroxyl groups excluding tert-OH is 1. The summed E-state index contributed by atoms with van der Waals surface area (Å²) in [5.74, 6) is 0. The molecule has 2 heteroatoms. The van der Waals surface area contributed by atoms with E-state index in [0.29, 0.717) is 0 Å². The fraction of sp³-hybridized carbons (Fsp3) is 0.0769. The Bertz CT molecular complexity index is 534. The van der Waals surface area contributed by atoms with Crippen LogP contribution in [0.2, 0.25) is 0 Å². The van der Waals surface area contributed by atoms with Gasteiger partial charge in [0.15, 0.2) is 0 Å². The molecule has 2 aromatic rings. The Morgan fingerprint density at radius 2 is 1.67 bits per heavy atom. The van der Waals surface area contributed by atoms with E-state index in [2.05, 4.69) is 46.9 Å². The lowest BCUT2D eigenvalue weighted by molar-refractivity contribution is 0.225. The van der Waals surface area contributed by atoms with Crippen LogP contribution in [0.15, 0.2) is 42.5 Å². The SMILES string of the molecule is OC1c2ccccc2-c2ccc(I)cc21. The van der Waals surface area contributed by atoms with Gasteiger partial charge in [0.1, 0.15) is 6.10 Å². The van der Waals surface area contributed by atoms with E-state index in [-0.39, 0.29) is 0 Å². The molecule has 15 heavy (non-hydrogen) atoms. The van der Waals surface area contributed by atoms with Crippen LogP contribution in [0.1, 0.15) is 17.2 Å². The van der Waals surface area contributed by atoms with E-state index in [1.54, 1.807) is 0 Å². The number of hydrogen-bond donors (Lipinski definition) is 1. The van der Waals surface area contributed by atoms with Crippen molar-refractivity contribution in [1.29, 1.82) is 0 Å². The first-order valence-corrected chi connectivity index (χ1v) is 5.92. The van der Waals surface area contributed by atoms with E-state index in [1.165, 1.54) is 9.13 Å². The zero-order chi connectivity index (χ0) is 10.4. The van der Waals surface area contributed by atoms with Crippen molar-refractivity contribution < 1.29 is 5.11 Å². The van der Waals surface area contributed by atoms with Crippen LogP contribution in [-0.4, -0.2) is 5.11 Å². The quantitative estimate of drug-likeness (QED) is 0.740. The number of benzene rings is 2. The summed E-state index contributed by atoms with van der Waals surface area (Å²) in [6.07, 6.45) is -0.453. The van der Waals surface area contributed by atoms with Crippen molar-refractivity contribution in [2.45, 2.75) is 6.10 Å². The lowest BCUT2D eigenvalue weighted by Crippen LogP contribution is -1.93. The topological polar surface area (TPSA) is 20.2 Å². The summed E-state index contributed by atoms with van der Waals surface area (Å²) >= 11 is 2.27. The number of aliphatic hydroxyl groups is 1. The van der Waals surface area contributed by atoms with Crippen molar-refractivity contribution in [3.8, 4) is 11.1 Å². The zero-order valence-electron chi connectivity index (χ0n) is 7.94. The summed E-state index contributed by atoms with van der Waals surface area (Å²) in [6.45, 7) is 0. The van der Waals surface area contributed by atoms with Crippen LogP contribution in [-0.2, 0) is 0 Å². The van der Waals surface area contributed by atoms with E-state index in [1.807, 2.05) is 18.2 Å². The second kappa shape index (κ2) is 3.32. The Labute approximate surface area is 102 Å². The van der Waals surface area contributed by atoms with Crippen LogP contribution < -0.4 is 0 Å². The van der Waals surface area contributed by atoms with Gasteiger partial charge in [-0.05, 0) is 57.0 Å². The average molecular weight is 308 g/mol. The first-order valence-electron chi connectivity index (χ1n) is 4.84. The molecule has 1 nitrogen and oxygen atoms in total. The van der Waals surface area contributed by atoms with Gasteiger partial charge in [-0.3, -0.25) is 0 Å². The van der Waals surface area contributed by atoms with Gasteiger partial charge in [0.2, 0.25) is 0 Å². The molecule has 0 amide bonds. The minimum absolute atomic E-state index is 0.453. The summed E-state index contributed by atoms with van der Waals surface area (Å²) in [6, 6.07) is 14.3. The smallest absolute Gasteiger partial charge is 0.105 e. The van der Waals surface area contributed by atoms with E-state index in [9.17, 15) is 5.11 Å². The highest BCUT2D eigenvalue weighted by molar-refractivity contribution is 14.1. The summed E-state index contributed by atoms with van der Waals surface area (Å²) in [5, 5.41) is 10.2. The number of halogens is 1. The maximum Gasteiger partial charge on any atom is 0.105 e. The van der Waals surface area contributed by atoms with Crippen molar-refractivity contribution in [3.63, 3.8) is 0 Å². The highest BCUT2D eigenvalue weighted by Gasteiger charge is 2.26. The third-order valence-corrected chi connectivity index (χ3v) is 3.52. The van der Waals surface area contributed by atoms with Crippen LogP contribution >= 0.6 is 22.6 Å². The Balaban J connectivity index is 2.32. The monoisotopic (exact) mass is 308 g/mol. The standard InChI is InChI=1S/C13H9IO/c14-8-5-6-10-9-3-1-2-4-11(9)13(15)12(10)7-8/h1-7,13,15H. The molecule has 3 rings (SSSR count). The molecule has 0 spiro atoms. The number of hydrogen-bond acceptors (Lipinski definition) is 1. The first-order chi connectivity index (χ1) is 7.27. The normalized spacial score (nSPS) is 17.3. The molecule has 1 unspecified atom stereocenters. The molecule has 0 saturated heterocycles. The minimum atomic E-state index is -0.453. The van der Waals surface area contributed by atoms with Gasteiger partial charge in [0.25, 0.3) is 0 Å². The second-order valence-corrected chi connectivity index (χ2v) is 4.97. The van der Waals surface area contributed by atoms with Crippen molar-refractivity contribution in [3.05, 3.63) is 57.2 Å². The molecule has 0 aromatic heterocycles. The molecule has 1 aliphatic carbocycles. The summed E-state index contributed by atoms with van der Waals surface area (Å²) in [5.41, 5.74) is 4.38. The van der Waals surface area contributed by atoms with Crippen LogP contribution in [0.5, 0.6) is 0 Å². The van der Waals surface area contributed by atoms with Gasteiger partial charge in [-0.15, -0.1) is 0 Å². The Morgan fingerprint density at radius 3 is 2.53 bits per heavy atom. The molecule has 74 valence electrons. The fourth-order valence-electron chi connectivity index (χ4n) is 2.15. The molecule has 2 aromatic carbocycles. The van der Waals surface area contributed by atoms with Crippen LogP contribution in [0.3, 0.4) is 0 Å². The molecular weight excluding hydrogens is 299 g/mol. The molecule has 1 N–H and O–H groups in total. The van der Waals surface area contributed by atoms with Crippen molar-refractivity contribution in [1.82, 2.24) is 0 Å². The molecule has 0 radical (unpaired) electrons.